The molecule has 2 aromatic carbocycles. The first-order chi connectivity index (χ1) is 15.6. The normalized spacial score (nSPS) is 18.1. The number of hydrogen-bond donors (Lipinski definition) is 0. The van der Waals surface area contributed by atoms with Crippen molar-refractivity contribution in [2.45, 2.75) is 42.6 Å². The molecule has 1 heterocycles. The lowest BCUT2D eigenvalue weighted by Gasteiger charge is -2.22. The van der Waals surface area contributed by atoms with E-state index in [1.807, 2.05) is 0 Å². The average Bonchev–Trinajstić information content (AvgIpc) is 3.22. The third kappa shape index (κ3) is 5.83. The standard InChI is InChI=1S/C22H21F6NO4S/c1-13(21(23,24)25)33-19-8-7-17(34(2,31)32)11-18(19)20(30)29-10-9-15(12-29)14-3-5-16(6-4-14)22(26,27)28/h3-8,11,13,15H,9-10,12H2,1-2H3/t13-,15?/m0/s1. The van der Waals surface area contributed by atoms with Gasteiger partial charge in [-0.25, -0.2) is 8.42 Å². The van der Waals surface area contributed by atoms with Crippen LogP contribution in [0.3, 0.4) is 0 Å². The Labute approximate surface area is 192 Å². The van der Waals surface area contributed by atoms with Crippen LogP contribution < -0.4 is 4.74 Å². The van der Waals surface area contributed by atoms with Crippen molar-refractivity contribution in [3.8, 4) is 5.75 Å². The van der Waals surface area contributed by atoms with Gasteiger partial charge in [-0.1, -0.05) is 12.1 Å². The Morgan fingerprint density at radius 1 is 1.06 bits per heavy atom. The van der Waals surface area contributed by atoms with Crippen LogP contribution in [0.1, 0.15) is 40.7 Å². The largest absolute Gasteiger partial charge is 0.480 e. The second-order valence-electron chi connectivity index (χ2n) is 8.09. The van der Waals surface area contributed by atoms with E-state index in [0.29, 0.717) is 12.0 Å². The fourth-order valence-electron chi connectivity index (χ4n) is 3.60. The summed E-state index contributed by atoms with van der Waals surface area (Å²) in [5.41, 5.74) is -0.567. The maximum Gasteiger partial charge on any atom is 0.425 e. The van der Waals surface area contributed by atoms with Crippen LogP contribution in [0.25, 0.3) is 0 Å². The van der Waals surface area contributed by atoms with Crippen molar-refractivity contribution < 1.29 is 44.3 Å². The van der Waals surface area contributed by atoms with Gasteiger partial charge in [0, 0.05) is 25.3 Å². The molecule has 2 aromatic rings. The van der Waals surface area contributed by atoms with Crippen molar-refractivity contribution in [3.05, 3.63) is 59.2 Å². The van der Waals surface area contributed by atoms with Crippen LogP contribution in [0.5, 0.6) is 5.75 Å². The van der Waals surface area contributed by atoms with Crippen LogP contribution in [0, 0.1) is 0 Å². The number of halogens is 6. The molecule has 0 spiro atoms. The van der Waals surface area contributed by atoms with E-state index in [9.17, 15) is 39.6 Å². The van der Waals surface area contributed by atoms with E-state index in [1.165, 1.54) is 17.0 Å². The molecule has 186 valence electrons. The lowest BCUT2D eigenvalue weighted by Crippen LogP contribution is -2.33. The summed E-state index contributed by atoms with van der Waals surface area (Å²) in [6.07, 6.45) is -10.1. The second-order valence-corrected chi connectivity index (χ2v) is 10.1. The number of nitrogens with zero attached hydrogens (tertiary/aromatic N) is 1. The van der Waals surface area contributed by atoms with Gasteiger partial charge in [0.05, 0.1) is 16.0 Å². The zero-order chi connectivity index (χ0) is 25.5. The molecule has 0 aliphatic carbocycles. The van der Waals surface area contributed by atoms with Gasteiger partial charge >= 0.3 is 12.4 Å². The lowest BCUT2D eigenvalue weighted by molar-refractivity contribution is -0.189. The molecule has 12 heteroatoms. The SMILES string of the molecule is C[C@H](Oc1ccc(S(C)(=O)=O)cc1C(=O)N1CCC(c2ccc(C(F)(F)F)cc2)C1)C(F)(F)F. The third-order valence-corrected chi connectivity index (χ3v) is 6.67. The number of alkyl halides is 6. The number of carbonyl (C=O) groups excluding carboxylic acids is 1. The highest BCUT2D eigenvalue weighted by molar-refractivity contribution is 7.90. The van der Waals surface area contributed by atoms with Gasteiger partial charge in [0.15, 0.2) is 15.9 Å². The summed E-state index contributed by atoms with van der Waals surface area (Å²) in [6.45, 7) is 1.04. The Kier molecular flexibility index (Phi) is 6.94. The van der Waals surface area contributed by atoms with Crippen LogP contribution in [0.2, 0.25) is 0 Å². The fraction of sp³-hybridized carbons (Fsp3) is 0.409. The summed E-state index contributed by atoms with van der Waals surface area (Å²) in [6, 6.07) is 7.58. The zero-order valence-corrected chi connectivity index (χ0v) is 18.9. The van der Waals surface area contributed by atoms with Gasteiger partial charge in [0.1, 0.15) is 5.75 Å². The molecule has 1 aliphatic heterocycles. The Morgan fingerprint density at radius 3 is 2.21 bits per heavy atom. The van der Waals surface area contributed by atoms with Crippen molar-refractivity contribution >= 4 is 15.7 Å². The molecular weight excluding hydrogens is 488 g/mol. The van der Waals surface area contributed by atoms with Gasteiger partial charge in [-0.2, -0.15) is 26.3 Å². The lowest BCUT2D eigenvalue weighted by atomic mass is 9.97. The van der Waals surface area contributed by atoms with Crippen molar-refractivity contribution in [2.75, 3.05) is 19.3 Å². The first kappa shape index (κ1) is 25.9. The molecule has 3 rings (SSSR count). The highest BCUT2D eigenvalue weighted by Gasteiger charge is 2.39. The van der Waals surface area contributed by atoms with Crippen molar-refractivity contribution in [1.29, 1.82) is 0 Å². The smallest absolute Gasteiger partial charge is 0.425 e. The zero-order valence-electron chi connectivity index (χ0n) is 18.1. The predicted octanol–water partition coefficient (Wildman–Crippen LogP) is 5.07. The van der Waals surface area contributed by atoms with Gasteiger partial charge in [0.2, 0.25) is 0 Å². The van der Waals surface area contributed by atoms with Gasteiger partial charge in [-0.15, -0.1) is 0 Å². The van der Waals surface area contributed by atoms with Crippen molar-refractivity contribution in [2.24, 2.45) is 0 Å². The van der Waals surface area contributed by atoms with E-state index in [-0.39, 0.29) is 29.5 Å². The molecule has 0 aromatic heterocycles. The molecule has 1 saturated heterocycles. The van der Waals surface area contributed by atoms with E-state index in [1.54, 1.807) is 0 Å². The molecule has 0 N–H and O–H groups in total. The van der Waals surface area contributed by atoms with Crippen LogP contribution >= 0.6 is 0 Å². The first-order valence-corrected chi connectivity index (χ1v) is 12.0. The molecular formula is C22H21F6NO4S. The minimum absolute atomic E-state index is 0.0988. The summed E-state index contributed by atoms with van der Waals surface area (Å²) >= 11 is 0. The fourth-order valence-corrected chi connectivity index (χ4v) is 4.25. The van der Waals surface area contributed by atoms with E-state index in [0.717, 1.165) is 43.5 Å². The summed E-state index contributed by atoms with van der Waals surface area (Å²) in [7, 11) is -3.77. The Balaban J connectivity index is 1.86. The van der Waals surface area contributed by atoms with E-state index < -0.39 is 45.5 Å². The minimum Gasteiger partial charge on any atom is -0.480 e. The Bertz CT molecular complexity index is 1160. The third-order valence-electron chi connectivity index (χ3n) is 5.56. The van der Waals surface area contributed by atoms with Crippen LogP contribution in [-0.2, 0) is 16.0 Å². The molecule has 5 nitrogen and oxygen atoms in total. The summed E-state index contributed by atoms with van der Waals surface area (Å²) in [5.74, 6) is -1.44. The molecule has 1 aliphatic rings. The number of carbonyl (C=O) groups is 1. The number of sulfone groups is 1. The molecule has 0 radical (unpaired) electrons. The average molecular weight is 509 g/mol. The van der Waals surface area contributed by atoms with Crippen molar-refractivity contribution in [1.82, 2.24) is 4.90 Å². The van der Waals surface area contributed by atoms with E-state index in [2.05, 4.69) is 0 Å². The molecule has 1 unspecified atom stereocenters. The van der Waals surface area contributed by atoms with Gasteiger partial charge in [-0.3, -0.25) is 4.79 Å². The summed E-state index contributed by atoms with van der Waals surface area (Å²) < 4.78 is 106. The predicted molar refractivity (Wildman–Crippen MR) is 110 cm³/mol. The first-order valence-electron chi connectivity index (χ1n) is 10.1. The van der Waals surface area contributed by atoms with Crippen LogP contribution in [-0.4, -0.2) is 50.9 Å². The quantitative estimate of drug-likeness (QED) is 0.529. The van der Waals surface area contributed by atoms with E-state index in [4.69, 9.17) is 4.74 Å². The van der Waals surface area contributed by atoms with Crippen molar-refractivity contribution in [3.63, 3.8) is 0 Å². The van der Waals surface area contributed by atoms with Gasteiger partial charge < -0.3 is 9.64 Å². The maximum absolute atomic E-state index is 13.2. The summed E-state index contributed by atoms with van der Waals surface area (Å²) in [4.78, 5) is 14.2. The van der Waals surface area contributed by atoms with Gasteiger partial charge in [0.25, 0.3) is 5.91 Å². The second kappa shape index (κ2) is 9.12. The summed E-state index contributed by atoms with van der Waals surface area (Å²) in [5, 5.41) is 0. The van der Waals surface area contributed by atoms with Crippen LogP contribution in [0.4, 0.5) is 26.3 Å². The molecule has 2 atom stereocenters. The highest BCUT2D eigenvalue weighted by atomic mass is 32.2. The van der Waals surface area contributed by atoms with Gasteiger partial charge in [-0.05, 0) is 49.2 Å². The van der Waals surface area contributed by atoms with Crippen LogP contribution in [0.15, 0.2) is 47.4 Å². The molecule has 0 saturated carbocycles. The number of amides is 1. The minimum atomic E-state index is -4.71. The Morgan fingerprint density at radius 2 is 1.68 bits per heavy atom. The number of rotatable bonds is 5. The number of likely N-dealkylation sites (tertiary alicyclic amines) is 1. The molecule has 1 amide bonds. The highest BCUT2D eigenvalue weighted by Crippen LogP contribution is 2.35. The number of benzene rings is 2. The molecule has 0 bridgehead atoms. The maximum atomic E-state index is 13.2. The number of ether oxygens (including phenoxy) is 1. The number of hydrogen-bond acceptors (Lipinski definition) is 4. The monoisotopic (exact) mass is 509 g/mol. The van der Waals surface area contributed by atoms with E-state index >= 15 is 0 Å². The Hall–Kier alpha value is -2.76. The molecule has 1 fully saturated rings. The molecule has 34 heavy (non-hydrogen) atoms. The topological polar surface area (TPSA) is 63.7 Å².